The first-order valence-corrected chi connectivity index (χ1v) is 8.10. The van der Waals surface area contributed by atoms with E-state index in [1.54, 1.807) is 66.7 Å². The van der Waals surface area contributed by atoms with Crippen molar-refractivity contribution >= 4 is 11.9 Å². The van der Waals surface area contributed by atoms with Gasteiger partial charge in [-0.3, -0.25) is 14.6 Å². The predicted octanol–water partition coefficient (Wildman–Crippen LogP) is 3.51. The SMILES string of the molecule is O=C(O)[C@@H](c1ccccc1)c1cccc([C@@H](C(=O)O)c2ccccc2)n1. The van der Waals surface area contributed by atoms with Gasteiger partial charge >= 0.3 is 11.9 Å². The van der Waals surface area contributed by atoms with Crippen molar-refractivity contribution in [2.75, 3.05) is 0 Å². The zero-order chi connectivity index (χ0) is 18.5. The van der Waals surface area contributed by atoms with Gasteiger partial charge in [0.15, 0.2) is 0 Å². The van der Waals surface area contributed by atoms with Gasteiger partial charge in [0.05, 0.1) is 11.4 Å². The van der Waals surface area contributed by atoms with E-state index < -0.39 is 23.8 Å². The molecular weight excluding hydrogens is 330 g/mol. The van der Waals surface area contributed by atoms with Crippen LogP contribution in [0.5, 0.6) is 0 Å². The monoisotopic (exact) mass is 347 g/mol. The molecule has 0 unspecified atom stereocenters. The summed E-state index contributed by atoms with van der Waals surface area (Å²) < 4.78 is 0. The van der Waals surface area contributed by atoms with E-state index in [9.17, 15) is 19.8 Å². The van der Waals surface area contributed by atoms with E-state index in [0.717, 1.165) is 0 Å². The Balaban J connectivity index is 2.06. The van der Waals surface area contributed by atoms with E-state index >= 15 is 0 Å². The average Bonchev–Trinajstić information content (AvgIpc) is 2.64. The van der Waals surface area contributed by atoms with E-state index in [2.05, 4.69) is 4.98 Å². The molecule has 0 aliphatic heterocycles. The molecule has 26 heavy (non-hydrogen) atoms. The molecule has 2 aromatic carbocycles. The number of carboxylic acids is 2. The third-order valence-corrected chi connectivity index (χ3v) is 4.14. The normalized spacial score (nSPS) is 12.9. The minimum absolute atomic E-state index is 0.309. The molecule has 2 N–H and O–H groups in total. The third-order valence-electron chi connectivity index (χ3n) is 4.14. The van der Waals surface area contributed by atoms with Crippen LogP contribution >= 0.6 is 0 Å². The number of benzene rings is 2. The number of aliphatic carboxylic acids is 2. The number of nitrogens with zero attached hydrogens (tertiary/aromatic N) is 1. The lowest BCUT2D eigenvalue weighted by molar-refractivity contribution is -0.138. The molecular formula is C21H17NO4. The minimum Gasteiger partial charge on any atom is -0.480 e. The second-order valence-corrected chi connectivity index (χ2v) is 5.85. The molecule has 0 bridgehead atoms. The van der Waals surface area contributed by atoms with Gasteiger partial charge in [0.1, 0.15) is 11.8 Å². The maximum absolute atomic E-state index is 11.8. The molecule has 1 aromatic heterocycles. The Kier molecular flexibility index (Phi) is 5.08. The molecule has 0 saturated heterocycles. The predicted molar refractivity (Wildman–Crippen MR) is 96.1 cm³/mol. The van der Waals surface area contributed by atoms with Crippen molar-refractivity contribution in [3.05, 3.63) is 101 Å². The van der Waals surface area contributed by atoms with Crippen LogP contribution in [0.1, 0.15) is 34.4 Å². The third kappa shape index (κ3) is 3.62. The zero-order valence-electron chi connectivity index (χ0n) is 13.8. The number of carboxylic acid groups (broad SMARTS) is 2. The van der Waals surface area contributed by atoms with Gasteiger partial charge in [0.25, 0.3) is 0 Å². The number of rotatable bonds is 6. The van der Waals surface area contributed by atoms with Crippen molar-refractivity contribution in [2.45, 2.75) is 11.8 Å². The summed E-state index contributed by atoms with van der Waals surface area (Å²) in [7, 11) is 0. The first-order chi connectivity index (χ1) is 12.6. The Hall–Kier alpha value is -3.47. The van der Waals surface area contributed by atoms with E-state index in [0.29, 0.717) is 22.5 Å². The summed E-state index contributed by atoms with van der Waals surface area (Å²) in [5.41, 5.74) is 1.80. The van der Waals surface area contributed by atoms with Crippen molar-refractivity contribution in [1.29, 1.82) is 0 Å². The molecule has 0 aliphatic carbocycles. The Labute approximate surface area is 150 Å². The number of hydrogen-bond donors (Lipinski definition) is 2. The summed E-state index contributed by atoms with van der Waals surface area (Å²) in [5, 5.41) is 19.4. The van der Waals surface area contributed by atoms with Crippen LogP contribution in [0, 0.1) is 0 Å². The van der Waals surface area contributed by atoms with E-state index in [4.69, 9.17) is 0 Å². The van der Waals surface area contributed by atoms with E-state index in [1.807, 2.05) is 12.1 Å². The molecule has 3 aromatic rings. The molecule has 3 rings (SSSR count). The van der Waals surface area contributed by atoms with Gasteiger partial charge in [-0.1, -0.05) is 66.7 Å². The first-order valence-electron chi connectivity index (χ1n) is 8.10. The molecule has 2 atom stereocenters. The number of hydrogen-bond acceptors (Lipinski definition) is 3. The number of pyridine rings is 1. The molecule has 0 spiro atoms. The van der Waals surface area contributed by atoms with Crippen molar-refractivity contribution in [3.8, 4) is 0 Å². The smallest absolute Gasteiger partial charge is 0.317 e. The van der Waals surface area contributed by atoms with Gasteiger partial charge in [0.2, 0.25) is 0 Å². The highest BCUT2D eigenvalue weighted by atomic mass is 16.4. The molecule has 130 valence electrons. The summed E-state index contributed by atoms with van der Waals surface area (Å²) in [6.45, 7) is 0. The van der Waals surface area contributed by atoms with E-state index in [1.165, 1.54) is 0 Å². The van der Waals surface area contributed by atoms with Crippen LogP contribution in [-0.4, -0.2) is 27.1 Å². The molecule has 5 heteroatoms. The Morgan fingerprint density at radius 3 is 1.35 bits per heavy atom. The minimum atomic E-state index is -1.03. The lowest BCUT2D eigenvalue weighted by Gasteiger charge is -2.16. The van der Waals surface area contributed by atoms with Crippen molar-refractivity contribution < 1.29 is 19.8 Å². The van der Waals surface area contributed by atoms with Gasteiger partial charge in [-0.2, -0.15) is 0 Å². The maximum atomic E-state index is 11.8. The fourth-order valence-corrected chi connectivity index (χ4v) is 2.96. The molecule has 0 radical (unpaired) electrons. The Morgan fingerprint density at radius 1 is 0.615 bits per heavy atom. The van der Waals surface area contributed by atoms with Gasteiger partial charge < -0.3 is 10.2 Å². The van der Waals surface area contributed by atoms with Crippen LogP contribution in [-0.2, 0) is 9.59 Å². The first kappa shape index (κ1) is 17.4. The van der Waals surface area contributed by atoms with E-state index in [-0.39, 0.29) is 0 Å². The Morgan fingerprint density at radius 2 is 1.00 bits per heavy atom. The van der Waals surface area contributed by atoms with Crippen molar-refractivity contribution in [1.82, 2.24) is 4.98 Å². The summed E-state index contributed by atoms with van der Waals surface area (Å²) in [6.07, 6.45) is 0. The quantitative estimate of drug-likeness (QED) is 0.712. The molecule has 0 saturated carbocycles. The van der Waals surface area contributed by atoms with Gasteiger partial charge in [-0.15, -0.1) is 0 Å². The highest BCUT2D eigenvalue weighted by Gasteiger charge is 2.27. The van der Waals surface area contributed by atoms with Crippen molar-refractivity contribution in [2.24, 2.45) is 0 Å². The molecule has 1 heterocycles. The lowest BCUT2D eigenvalue weighted by Crippen LogP contribution is -2.18. The summed E-state index contributed by atoms with van der Waals surface area (Å²) in [6, 6.07) is 22.4. The van der Waals surface area contributed by atoms with Crippen LogP contribution in [0.4, 0.5) is 0 Å². The fourth-order valence-electron chi connectivity index (χ4n) is 2.96. The number of carbonyl (C=O) groups is 2. The van der Waals surface area contributed by atoms with Crippen LogP contribution in [0.3, 0.4) is 0 Å². The largest absolute Gasteiger partial charge is 0.480 e. The molecule has 0 amide bonds. The molecule has 5 nitrogen and oxygen atoms in total. The second kappa shape index (κ2) is 7.61. The standard InChI is InChI=1S/C21H17NO4/c23-20(24)18(14-8-3-1-4-9-14)16-12-7-13-17(22-16)19(21(25)26)15-10-5-2-6-11-15/h1-13,18-19H,(H,23,24)(H,25,26)/t18-,19-/m0/s1. The number of aromatic nitrogens is 1. The topological polar surface area (TPSA) is 87.5 Å². The van der Waals surface area contributed by atoms with Crippen molar-refractivity contribution in [3.63, 3.8) is 0 Å². The Bertz CT molecular complexity index is 837. The lowest BCUT2D eigenvalue weighted by atomic mass is 9.92. The summed E-state index contributed by atoms with van der Waals surface area (Å²) in [5.74, 6) is -3.98. The van der Waals surface area contributed by atoms with Gasteiger partial charge in [0, 0.05) is 0 Å². The zero-order valence-corrected chi connectivity index (χ0v) is 13.8. The van der Waals surface area contributed by atoms with Crippen LogP contribution < -0.4 is 0 Å². The van der Waals surface area contributed by atoms with Gasteiger partial charge in [-0.25, -0.2) is 0 Å². The van der Waals surface area contributed by atoms with Crippen LogP contribution in [0.15, 0.2) is 78.9 Å². The molecule has 0 fully saturated rings. The molecule has 0 aliphatic rings. The van der Waals surface area contributed by atoms with Crippen LogP contribution in [0.25, 0.3) is 0 Å². The maximum Gasteiger partial charge on any atom is 0.317 e. The summed E-state index contributed by atoms with van der Waals surface area (Å²) in [4.78, 5) is 28.1. The fraction of sp³-hybridized carbons (Fsp3) is 0.0952. The van der Waals surface area contributed by atoms with Gasteiger partial charge in [-0.05, 0) is 23.3 Å². The summed E-state index contributed by atoms with van der Waals surface area (Å²) >= 11 is 0. The second-order valence-electron chi connectivity index (χ2n) is 5.85. The average molecular weight is 347 g/mol. The highest BCUT2D eigenvalue weighted by molar-refractivity contribution is 5.81. The highest BCUT2D eigenvalue weighted by Crippen LogP contribution is 2.28. The van der Waals surface area contributed by atoms with Crippen LogP contribution in [0.2, 0.25) is 0 Å².